The Bertz CT molecular complexity index is 1120. The van der Waals surface area contributed by atoms with E-state index in [0.717, 1.165) is 24.2 Å². The molecule has 2 fully saturated rings. The highest BCUT2D eigenvalue weighted by Gasteiger charge is 2.48. The number of nitrogens with zero attached hydrogens (tertiary/aromatic N) is 1. The molecule has 0 spiro atoms. The van der Waals surface area contributed by atoms with Gasteiger partial charge < -0.3 is 15.0 Å². The van der Waals surface area contributed by atoms with Crippen molar-refractivity contribution in [3.05, 3.63) is 81.5 Å². The molecular formula is C26H25ClN2O3S. The van der Waals surface area contributed by atoms with E-state index in [0.29, 0.717) is 10.8 Å². The number of amides is 1. The normalized spacial score (nSPS) is 23.3. The highest BCUT2D eigenvalue weighted by atomic mass is 35.5. The number of hydrogen-bond acceptors (Lipinski definition) is 5. The zero-order valence-corrected chi connectivity index (χ0v) is 19.7. The van der Waals surface area contributed by atoms with Gasteiger partial charge in [-0.3, -0.25) is 9.59 Å². The number of thiophene rings is 1. The number of hydrogen-bond donors (Lipinski definition) is 1. The van der Waals surface area contributed by atoms with Gasteiger partial charge in [-0.25, -0.2) is 0 Å². The van der Waals surface area contributed by atoms with Crippen molar-refractivity contribution in [2.75, 3.05) is 18.0 Å². The minimum Gasteiger partial charge on any atom is -0.471 e. The highest BCUT2D eigenvalue weighted by molar-refractivity contribution is 7.08. The second kappa shape index (κ2) is 9.20. The minimum atomic E-state index is -1.23. The number of ether oxygens (including phenoxy) is 1. The van der Waals surface area contributed by atoms with Crippen LogP contribution in [0.3, 0.4) is 0 Å². The minimum absolute atomic E-state index is 0.105. The number of Topliss-reactive ketones (excluding diaryl/α,β-unsaturated/α-hetero) is 1. The molecule has 7 heteroatoms. The Hall–Kier alpha value is -2.83. The molecule has 2 aliphatic rings. The van der Waals surface area contributed by atoms with Gasteiger partial charge in [-0.05, 0) is 71.5 Å². The van der Waals surface area contributed by atoms with Gasteiger partial charge in [0.1, 0.15) is 5.75 Å². The summed E-state index contributed by atoms with van der Waals surface area (Å²) < 4.78 is 5.76. The summed E-state index contributed by atoms with van der Waals surface area (Å²) >= 11 is 7.72. The van der Waals surface area contributed by atoms with Crippen molar-refractivity contribution in [3.63, 3.8) is 0 Å². The van der Waals surface area contributed by atoms with Crippen LogP contribution < -0.4 is 15.0 Å². The molecule has 0 aliphatic carbocycles. The van der Waals surface area contributed by atoms with Crippen LogP contribution in [-0.2, 0) is 15.1 Å². The summed E-state index contributed by atoms with van der Waals surface area (Å²) in [4.78, 5) is 28.9. The molecule has 3 aromatic rings. The van der Waals surface area contributed by atoms with Crippen LogP contribution in [0.2, 0.25) is 5.02 Å². The maximum Gasteiger partial charge on any atom is 0.269 e. The van der Waals surface area contributed by atoms with Gasteiger partial charge in [-0.1, -0.05) is 35.9 Å². The predicted molar refractivity (Wildman–Crippen MR) is 131 cm³/mol. The van der Waals surface area contributed by atoms with Gasteiger partial charge in [0.2, 0.25) is 6.10 Å². The number of nitrogens with one attached hydrogen (secondary N) is 1. The number of anilines is 1. The van der Waals surface area contributed by atoms with Crippen molar-refractivity contribution in [2.24, 2.45) is 0 Å². The zero-order chi connectivity index (χ0) is 22.8. The number of ketones is 1. The van der Waals surface area contributed by atoms with E-state index in [-0.39, 0.29) is 12.2 Å². The van der Waals surface area contributed by atoms with Crippen molar-refractivity contribution < 1.29 is 14.3 Å². The summed E-state index contributed by atoms with van der Waals surface area (Å²) in [6.45, 7) is 2.12. The molecule has 2 atom stereocenters. The Balaban J connectivity index is 1.45. The van der Waals surface area contributed by atoms with E-state index in [1.807, 2.05) is 29.0 Å². The molecule has 1 aromatic heterocycles. The first-order valence-electron chi connectivity index (χ1n) is 11.2. The predicted octanol–water partition coefficient (Wildman–Crippen LogP) is 5.17. The summed E-state index contributed by atoms with van der Waals surface area (Å²) in [6.07, 6.45) is 2.56. The highest BCUT2D eigenvalue weighted by Crippen LogP contribution is 2.39. The molecule has 2 aliphatic heterocycles. The molecule has 0 saturated carbocycles. The second-order valence-corrected chi connectivity index (χ2v) is 9.76. The lowest BCUT2D eigenvalue weighted by molar-refractivity contribution is -0.144. The molecular weight excluding hydrogens is 456 g/mol. The number of carbonyl (C=O) groups is 2. The van der Waals surface area contributed by atoms with Crippen LogP contribution in [0.15, 0.2) is 65.4 Å². The van der Waals surface area contributed by atoms with Gasteiger partial charge in [0.15, 0.2) is 5.78 Å². The topological polar surface area (TPSA) is 58.6 Å². The van der Waals surface area contributed by atoms with Crippen molar-refractivity contribution in [1.82, 2.24) is 5.32 Å². The lowest BCUT2D eigenvalue weighted by atomic mass is 9.76. The fourth-order valence-corrected chi connectivity index (χ4v) is 5.65. The number of para-hydroxylation sites is 1. The molecule has 1 N–H and O–H groups in total. The average molecular weight is 481 g/mol. The van der Waals surface area contributed by atoms with Crippen LogP contribution in [0, 0.1) is 0 Å². The molecule has 2 aromatic carbocycles. The van der Waals surface area contributed by atoms with E-state index in [9.17, 15) is 9.59 Å². The number of halogens is 1. The maximum absolute atomic E-state index is 13.3. The standard InChI is InChI=1S/C26H25ClN2O3S/c27-21-6-2-3-7-23(21)32-24-22(30)16-26(28-25(24)31,19-12-15-33-17-19)18-8-10-20(11-9-18)29-13-4-1-5-14-29/h2-3,6-12,15,17,24H,1,4-5,13-14,16H2,(H,28,31)/t24?,26-/m0/s1. The van der Waals surface area contributed by atoms with Crippen LogP contribution in [0.4, 0.5) is 5.69 Å². The lowest BCUT2D eigenvalue weighted by Gasteiger charge is -2.40. The molecule has 0 radical (unpaired) electrons. The Morgan fingerprint density at radius 2 is 1.73 bits per heavy atom. The molecule has 33 heavy (non-hydrogen) atoms. The monoisotopic (exact) mass is 480 g/mol. The third kappa shape index (κ3) is 4.25. The SMILES string of the molecule is O=C1C[C@](c2ccc(N3CCCCC3)cc2)(c2ccsc2)NC(=O)C1Oc1ccccc1Cl. The summed E-state index contributed by atoms with van der Waals surface area (Å²) in [5.74, 6) is -0.413. The van der Waals surface area contributed by atoms with Gasteiger partial charge in [-0.15, -0.1) is 0 Å². The summed E-state index contributed by atoms with van der Waals surface area (Å²) in [7, 11) is 0. The molecule has 0 bridgehead atoms. The molecule has 5 nitrogen and oxygen atoms in total. The van der Waals surface area contributed by atoms with Gasteiger partial charge in [-0.2, -0.15) is 11.3 Å². The summed E-state index contributed by atoms with van der Waals surface area (Å²) in [6, 6.07) is 17.1. The third-order valence-electron chi connectivity index (χ3n) is 6.48. The van der Waals surface area contributed by atoms with Gasteiger partial charge >= 0.3 is 0 Å². The van der Waals surface area contributed by atoms with Crippen LogP contribution in [-0.4, -0.2) is 30.9 Å². The van der Waals surface area contributed by atoms with Crippen LogP contribution >= 0.6 is 22.9 Å². The number of piperidine rings is 2. The van der Waals surface area contributed by atoms with Crippen molar-refractivity contribution in [1.29, 1.82) is 0 Å². The van der Waals surface area contributed by atoms with E-state index in [1.54, 1.807) is 35.6 Å². The molecule has 2 saturated heterocycles. The maximum atomic E-state index is 13.3. The molecule has 170 valence electrons. The fraction of sp³-hybridized carbons (Fsp3) is 0.308. The van der Waals surface area contributed by atoms with E-state index >= 15 is 0 Å². The molecule has 5 rings (SSSR count). The number of benzene rings is 2. The smallest absolute Gasteiger partial charge is 0.269 e. The third-order valence-corrected chi connectivity index (χ3v) is 7.48. The number of carbonyl (C=O) groups excluding carboxylic acids is 2. The first-order chi connectivity index (χ1) is 16.1. The fourth-order valence-electron chi connectivity index (χ4n) is 4.74. The van der Waals surface area contributed by atoms with Gasteiger partial charge in [0.05, 0.1) is 10.6 Å². The van der Waals surface area contributed by atoms with Gasteiger partial charge in [0, 0.05) is 25.2 Å². The quantitative estimate of drug-likeness (QED) is 0.512. The van der Waals surface area contributed by atoms with E-state index in [2.05, 4.69) is 22.3 Å². The summed E-state index contributed by atoms with van der Waals surface area (Å²) in [5, 5.41) is 7.44. The second-order valence-electron chi connectivity index (χ2n) is 8.57. The number of rotatable bonds is 5. The largest absolute Gasteiger partial charge is 0.471 e. The van der Waals surface area contributed by atoms with E-state index in [1.165, 1.54) is 24.9 Å². The summed E-state index contributed by atoms with van der Waals surface area (Å²) in [5.41, 5.74) is 2.04. The van der Waals surface area contributed by atoms with Gasteiger partial charge in [0.25, 0.3) is 5.91 Å². The Morgan fingerprint density at radius 1 is 0.970 bits per heavy atom. The Labute approximate surface area is 202 Å². The average Bonchev–Trinajstić information content (AvgIpc) is 3.39. The van der Waals surface area contributed by atoms with E-state index < -0.39 is 17.6 Å². The molecule has 1 unspecified atom stereocenters. The van der Waals surface area contributed by atoms with Crippen LogP contribution in [0.25, 0.3) is 0 Å². The first-order valence-corrected chi connectivity index (χ1v) is 12.5. The first kappa shape index (κ1) is 22.0. The van der Waals surface area contributed by atoms with Crippen LogP contribution in [0.1, 0.15) is 36.8 Å². The van der Waals surface area contributed by atoms with Crippen molar-refractivity contribution in [3.8, 4) is 5.75 Å². The Morgan fingerprint density at radius 3 is 2.39 bits per heavy atom. The van der Waals surface area contributed by atoms with E-state index in [4.69, 9.17) is 16.3 Å². The lowest BCUT2D eigenvalue weighted by Crippen LogP contribution is -2.60. The molecule has 3 heterocycles. The van der Waals surface area contributed by atoms with Crippen molar-refractivity contribution in [2.45, 2.75) is 37.3 Å². The molecule has 1 amide bonds. The van der Waals surface area contributed by atoms with Crippen molar-refractivity contribution >= 4 is 40.3 Å². The Kier molecular flexibility index (Phi) is 6.13. The van der Waals surface area contributed by atoms with Crippen LogP contribution in [0.5, 0.6) is 5.75 Å². The zero-order valence-electron chi connectivity index (χ0n) is 18.1.